The van der Waals surface area contributed by atoms with Gasteiger partial charge >= 0.3 is 0 Å². The smallest absolute Gasteiger partial charge is 0.0511 e. The van der Waals surface area contributed by atoms with Gasteiger partial charge in [0.05, 0.1) is 5.69 Å². The van der Waals surface area contributed by atoms with Crippen LogP contribution in [0.1, 0.15) is 40.8 Å². The van der Waals surface area contributed by atoms with Crippen molar-refractivity contribution in [2.24, 2.45) is 0 Å². The molecule has 0 amide bonds. The van der Waals surface area contributed by atoms with E-state index in [0.29, 0.717) is 6.04 Å². The number of aromatic nitrogens is 1. The van der Waals surface area contributed by atoms with Crippen molar-refractivity contribution in [1.82, 2.24) is 14.8 Å². The third-order valence-corrected chi connectivity index (χ3v) is 6.43. The molecule has 3 nitrogen and oxygen atoms in total. The van der Waals surface area contributed by atoms with E-state index in [4.69, 9.17) is 0 Å². The van der Waals surface area contributed by atoms with Gasteiger partial charge in [0.15, 0.2) is 0 Å². The summed E-state index contributed by atoms with van der Waals surface area (Å²) in [7, 11) is 0. The molecule has 4 rings (SSSR count). The number of nitrogens with zero attached hydrogens (tertiary/aromatic N) is 2. The third-order valence-electron chi connectivity index (χ3n) is 6.43. The molecule has 1 saturated heterocycles. The van der Waals surface area contributed by atoms with E-state index in [-0.39, 0.29) is 0 Å². The number of benzene rings is 2. The van der Waals surface area contributed by atoms with Crippen LogP contribution in [0.2, 0.25) is 0 Å². The van der Waals surface area contributed by atoms with Crippen molar-refractivity contribution < 1.29 is 0 Å². The van der Waals surface area contributed by atoms with Gasteiger partial charge in [-0.15, -0.1) is 0 Å². The summed E-state index contributed by atoms with van der Waals surface area (Å²) in [6, 6.07) is 20.4. The molecule has 1 N–H and O–H groups in total. The van der Waals surface area contributed by atoms with Crippen molar-refractivity contribution in [3.8, 4) is 5.69 Å². The molecule has 3 aromatic rings. The minimum absolute atomic E-state index is 0.613. The van der Waals surface area contributed by atoms with E-state index >= 15 is 0 Å². The summed E-state index contributed by atoms with van der Waals surface area (Å²) in [5.74, 6) is 0. The Kier molecular flexibility index (Phi) is 6.71. The van der Waals surface area contributed by atoms with Crippen molar-refractivity contribution in [2.45, 2.75) is 52.6 Å². The lowest BCUT2D eigenvalue weighted by Gasteiger charge is -2.32. The largest absolute Gasteiger partial charge is 0.319 e. The van der Waals surface area contributed by atoms with E-state index in [1.54, 1.807) is 0 Å². The van der Waals surface area contributed by atoms with Crippen LogP contribution in [0.15, 0.2) is 60.8 Å². The molecule has 0 atom stereocenters. The Morgan fingerprint density at radius 3 is 2.30 bits per heavy atom. The average Bonchev–Trinajstić information content (AvgIpc) is 3.19. The molecule has 0 spiro atoms. The van der Waals surface area contributed by atoms with Crippen molar-refractivity contribution in [1.29, 1.82) is 0 Å². The van der Waals surface area contributed by atoms with Crippen molar-refractivity contribution in [2.75, 3.05) is 19.6 Å². The van der Waals surface area contributed by atoms with Crippen LogP contribution >= 0.6 is 0 Å². The molecule has 1 aromatic heterocycles. The highest BCUT2D eigenvalue weighted by Crippen LogP contribution is 2.23. The van der Waals surface area contributed by atoms with Crippen LogP contribution < -0.4 is 5.32 Å². The Morgan fingerprint density at radius 1 is 0.900 bits per heavy atom. The number of hydrogen-bond donors (Lipinski definition) is 1. The second kappa shape index (κ2) is 9.63. The maximum atomic E-state index is 3.83. The molecule has 2 aromatic carbocycles. The molecule has 158 valence electrons. The molecule has 1 aliphatic rings. The number of piperidine rings is 1. The van der Waals surface area contributed by atoms with Gasteiger partial charge in [-0.3, -0.25) is 0 Å². The predicted molar refractivity (Wildman–Crippen MR) is 126 cm³/mol. The molecular formula is C27H35N3. The normalized spacial score (nSPS) is 15.6. The standard InChI is InChI=1S/C27H35N3/c1-21-18-22(2)27(23(3)19-21)30-14-7-10-26(30)20-28-25-12-16-29(17-13-25)15-11-24-8-5-4-6-9-24/h4-10,14,18-19,25,28H,11-13,15-17,20H2,1-3H3. The summed E-state index contributed by atoms with van der Waals surface area (Å²) >= 11 is 0. The Labute approximate surface area is 181 Å². The fraction of sp³-hybridized carbons (Fsp3) is 0.407. The Morgan fingerprint density at radius 2 is 1.60 bits per heavy atom. The van der Waals surface area contributed by atoms with Gasteiger partial charge in [-0.25, -0.2) is 0 Å². The van der Waals surface area contributed by atoms with Gasteiger partial charge in [0.25, 0.3) is 0 Å². The zero-order valence-corrected chi connectivity index (χ0v) is 18.7. The zero-order chi connectivity index (χ0) is 20.9. The molecule has 2 heterocycles. The Balaban J connectivity index is 1.29. The van der Waals surface area contributed by atoms with Gasteiger partial charge in [-0.1, -0.05) is 48.0 Å². The minimum atomic E-state index is 0.613. The summed E-state index contributed by atoms with van der Waals surface area (Å²) in [5, 5.41) is 3.83. The highest BCUT2D eigenvalue weighted by molar-refractivity contribution is 5.50. The molecule has 0 saturated carbocycles. The summed E-state index contributed by atoms with van der Waals surface area (Å²) in [6.45, 7) is 11.1. The van der Waals surface area contributed by atoms with Crippen molar-refractivity contribution in [3.63, 3.8) is 0 Å². The molecule has 0 radical (unpaired) electrons. The van der Waals surface area contributed by atoms with E-state index in [0.717, 1.165) is 13.0 Å². The molecule has 1 aliphatic heterocycles. The quantitative estimate of drug-likeness (QED) is 0.587. The number of aryl methyl sites for hydroxylation is 3. The lowest BCUT2D eigenvalue weighted by atomic mass is 10.0. The van der Waals surface area contributed by atoms with Crippen LogP contribution in [0, 0.1) is 20.8 Å². The second-order valence-corrected chi connectivity index (χ2v) is 8.85. The monoisotopic (exact) mass is 401 g/mol. The van der Waals surface area contributed by atoms with Gasteiger partial charge in [0.2, 0.25) is 0 Å². The second-order valence-electron chi connectivity index (χ2n) is 8.85. The molecule has 0 bridgehead atoms. The first-order valence-corrected chi connectivity index (χ1v) is 11.3. The fourth-order valence-corrected chi connectivity index (χ4v) is 4.87. The molecule has 0 unspecified atom stereocenters. The van der Waals surface area contributed by atoms with Crippen LogP contribution in [0.4, 0.5) is 0 Å². The van der Waals surface area contributed by atoms with Crippen LogP contribution in [-0.4, -0.2) is 35.1 Å². The maximum absolute atomic E-state index is 3.83. The number of rotatable bonds is 7. The van der Waals surface area contributed by atoms with Crippen LogP contribution in [0.5, 0.6) is 0 Å². The Bertz CT molecular complexity index is 926. The van der Waals surface area contributed by atoms with E-state index in [1.165, 1.54) is 66.1 Å². The van der Waals surface area contributed by atoms with E-state index in [9.17, 15) is 0 Å². The van der Waals surface area contributed by atoms with E-state index in [2.05, 4.69) is 96.3 Å². The molecule has 30 heavy (non-hydrogen) atoms. The first-order chi connectivity index (χ1) is 14.6. The van der Waals surface area contributed by atoms with Crippen molar-refractivity contribution >= 4 is 0 Å². The third kappa shape index (κ3) is 5.03. The van der Waals surface area contributed by atoms with Crippen LogP contribution in [-0.2, 0) is 13.0 Å². The molecule has 0 aliphatic carbocycles. The number of hydrogen-bond acceptors (Lipinski definition) is 2. The molecule has 1 fully saturated rings. The fourth-order valence-electron chi connectivity index (χ4n) is 4.87. The number of likely N-dealkylation sites (tertiary alicyclic amines) is 1. The number of nitrogens with one attached hydrogen (secondary N) is 1. The van der Waals surface area contributed by atoms with Gasteiger partial charge in [-0.05, 0) is 81.9 Å². The minimum Gasteiger partial charge on any atom is -0.319 e. The summed E-state index contributed by atoms with van der Waals surface area (Å²) in [5.41, 5.74) is 8.14. The lowest BCUT2D eigenvalue weighted by Crippen LogP contribution is -2.43. The summed E-state index contributed by atoms with van der Waals surface area (Å²) in [4.78, 5) is 2.62. The maximum Gasteiger partial charge on any atom is 0.0511 e. The summed E-state index contributed by atoms with van der Waals surface area (Å²) in [6.07, 6.45) is 5.83. The van der Waals surface area contributed by atoms with Gasteiger partial charge in [0.1, 0.15) is 0 Å². The molecule has 3 heteroatoms. The first-order valence-electron chi connectivity index (χ1n) is 11.3. The molecular weight excluding hydrogens is 366 g/mol. The first kappa shape index (κ1) is 20.9. The van der Waals surface area contributed by atoms with Crippen LogP contribution in [0.3, 0.4) is 0 Å². The average molecular weight is 402 g/mol. The zero-order valence-electron chi connectivity index (χ0n) is 18.7. The highest BCUT2D eigenvalue weighted by atomic mass is 15.1. The predicted octanol–water partition coefficient (Wildman–Crippen LogP) is 5.20. The highest BCUT2D eigenvalue weighted by Gasteiger charge is 2.19. The van der Waals surface area contributed by atoms with Gasteiger partial charge in [-0.2, -0.15) is 0 Å². The van der Waals surface area contributed by atoms with Gasteiger partial charge < -0.3 is 14.8 Å². The topological polar surface area (TPSA) is 20.2 Å². The SMILES string of the molecule is Cc1cc(C)c(-n2cccc2CNC2CCN(CCc3ccccc3)CC2)c(C)c1. The van der Waals surface area contributed by atoms with Gasteiger partial charge in [0, 0.05) is 31.0 Å². The Hall–Kier alpha value is -2.36. The lowest BCUT2D eigenvalue weighted by molar-refractivity contribution is 0.199. The van der Waals surface area contributed by atoms with E-state index < -0.39 is 0 Å². The summed E-state index contributed by atoms with van der Waals surface area (Å²) < 4.78 is 2.37. The van der Waals surface area contributed by atoms with Crippen LogP contribution in [0.25, 0.3) is 5.69 Å². The van der Waals surface area contributed by atoms with E-state index in [1.807, 2.05) is 0 Å². The van der Waals surface area contributed by atoms with Crippen molar-refractivity contribution in [3.05, 3.63) is 88.7 Å².